The van der Waals surface area contributed by atoms with Gasteiger partial charge in [0.2, 0.25) is 0 Å². The monoisotopic (exact) mass is 317 g/mol. The number of nitrogens with one attached hydrogen (secondary N) is 3. The summed E-state index contributed by atoms with van der Waals surface area (Å²) < 4.78 is 10.5. The minimum Gasteiger partial charge on any atom is -0.492 e. The number of amides is 3. The molecule has 0 saturated carbocycles. The van der Waals surface area contributed by atoms with Crippen LogP contribution in [0.25, 0.3) is 0 Å². The highest BCUT2D eigenvalue weighted by Gasteiger charge is 2.11. The molecule has 1 aromatic carbocycles. The normalized spacial score (nSPS) is 10.0. The minimum absolute atomic E-state index is 0.306. The van der Waals surface area contributed by atoms with Gasteiger partial charge in [0.1, 0.15) is 18.1 Å². The molecule has 0 fully saturated rings. The van der Waals surface area contributed by atoms with Crippen LogP contribution in [0.1, 0.15) is 21.7 Å². The van der Waals surface area contributed by atoms with Crippen LogP contribution in [0, 0.1) is 13.8 Å². The number of carbonyl (C=O) groups is 2. The molecule has 23 heavy (non-hydrogen) atoms. The Morgan fingerprint density at radius 3 is 2.70 bits per heavy atom. The number of urea groups is 1. The van der Waals surface area contributed by atoms with Crippen LogP contribution in [0.15, 0.2) is 41.0 Å². The zero-order valence-corrected chi connectivity index (χ0v) is 13.0. The van der Waals surface area contributed by atoms with Crippen LogP contribution in [0.3, 0.4) is 0 Å². The van der Waals surface area contributed by atoms with Gasteiger partial charge in [0.25, 0.3) is 5.91 Å². The van der Waals surface area contributed by atoms with Gasteiger partial charge in [-0.05, 0) is 37.6 Å². The van der Waals surface area contributed by atoms with Crippen LogP contribution in [-0.4, -0.2) is 25.1 Å². The van der Waals surface area contributed by atoms with Gasteiger partial charge in [0, 0.05) is 0 Å². The van der Waals surface area contributed by atoms with Gasteiger partial charge in [-0.3, -0.25) is 10.2 Å². The maximum atomic E-state index is 11.7. The summed E-state index contributed by atoms with van der Waals surface area (Å²) in [4.78, 5) is 23.3. The average molecular weight is 317 g/mol. The SMILES string of the molecule is Cc1cccc(OCCNC(=O)NNC(=O)c2ccoc2C)c1. The van der Waals surface area contributed by atoms with Crippen LogP contribution < -0.4 is 20.9 Å². The van der Waals surface area contributed by atoms with Crippen molar-refractivity contribution in [2.45, 2.75) is 13.8 Å². The van der Waals surface area contributed by atoms with Crippen LogP contribution in [0.5, 0.6) is 5.75 Å². The topological polar surface area (TPSA) is 92.6 Å². The summed E-state index contributed by atoms with van der Waals surface area (Å²) in [7, 11) is 0. The largest absolute Gasteiger partial charge is 0.492 e. The lowest BCUT2D eigenvalue weighted by Gasteiger charge is -2.10. The van der Waals surface area contributed by atoms with E-state index in [1.54, 1.807) is 6.92 Å². The van der Waals surface area contributed by atoms with Crippen molar-refractivity contribution in [2.24, 2.45) is 0 Å². The first-order valence-corrected chi connectivity index (χ1v) is 7.14. The molecule has 1 heterocycles. The Kier molecular flexibility index (Phi) is 5.62. The number of furan rings is 1. The molecule has 0 unspecified atom stereocenters. The van der Waals surface area contributed by atoms with E-state index in [1.807, 2.05) is 31.2 Å². The van der Waals surface area contributed by atoms with E-state index >= 15 is 0 Å². The van der Waals surface area contributed by atoms with Gasteiger partial charge in [-0.25, -0.2) is 10.2 Å². The standard InChI is InChI=1S/C16H19N3O4/c1-11-4-3-5-13(10-11)23-9-7-17-16(21)19-18-15(20)14-6-8-22-12(14)2/h3-6,8,10H,7,9H2,1-2H3,(H,18,20)(H2,17,19,21). The van der Waals surface area contributed by atoms with E-state index in [4.69, 9.17) is 9.15 Å². The van der Waals surface area contributed by atoms with Gasteiger partial charge >= 0.3 is 6.03 Å². The molecule has 7 nitrogen and oxygen atoms in total. The Labute approximate surface area is 134 Å². The highest BCUT2D eigenvalue weighted by molar-refractivity contribution is 5.95. The molecule has 2 aromatic rings. The van der Waals surface area contributed by atoms with E-state index in [-0.39, 0.29) is 0 Å². The highest BCUT2D eigenvalue weighted by Crippen LogP contribution is 2.11. The lowest BCUT2D eigenvalue weighted by Crippen LogP contribution is -2.47. The molecule has 122 valence electrons. The summed E-state index contributed by atoms with van der Waals surface area (Å²) in [5, 5.41) is 2.57. The predicted octanol–water partition coefficient (Wildman–Crippen LogP) is 1.92. The van der Waals surface area contributed by atoms with Gasteiger partial charge in [-0.2, -0.15) is 0 Å². The summed E-state index contributed by atoms with van der Waals surface area (Å²) in [6.07, 6.45) is 1.41. The predicted molar refractivity (Wildman–Crippen MR) is 84.1 cm³/mol. The number of benzene rings is 1. The quantitative estimate of drug-likeness (QED) is 0.580. The lowest BCUT2D eigenvalue weighted by atomic mass is 10.2. The molecule has 0 aliphatic carbocycles. The summed E-state index contributed by atoms with van der Waals surface area (Å²) in [5.74, 6) is 0.787. The van der Waals surface area contributed by atoms with Crippen molar-refractivity contribution in [2.75, 3.05) is 13.2 Å². The van der Waals surface area contributed by atoms with Crippen LogP contribution >= 0.6 is 0 Å². The molecule has 7 heteroatoms. The van der Waals surface area contributed by atoms with E-state index in [0.717, 1.165) is 11.3 Å². The van der Waals surface area contributed by atoms with E-state index in [9.17, 15) is 9.59 Å². The fourth-order valence-electron chi connectivity index (χ4n) is 1.88. The molecule has 0 bridgehead atoms. The van der Waals surface area contributed by atoms with Crippen molar-refractivity contribution in [3.05, 3.63) is 53.5 Å². The lowest BCUT2D eigenvalue weighted by molar-refractivity contribution is 0.0934. The zero-order chi connectivity index (χ0) is 16.7. The van der Waals surface area contributed by atoms with Gasteiger partial charge in [-0.15, -0.1) is 0 Å². The number of ether oxygens (including phenoxy) is 1. The maximum Gasteiger partial charge on any atom is 0.333 e. The Hall–Kier alpha value is -2.96. The molecule has 0 aliphatic heterocycles. The molecular formula is C16H19N3O4. The zero-order valence-electron chi connectivity index (χ0n) is 13.0. The first kappa shape index (κ1) is 16.4. The number of aryl methyl sites for hydroxylation is 2. The summed E-state index contributed by atoms with van der Waals surface area (Å²) >= 11 is 0. The number of carbonyl (C=O) groups excluding carboxylic acids is 2. The average Bonchev–Trinajstić information content (AvgIpc) is 2.95. The molecule has 3 amide bonds. The van der Waals surface area contributed by atoms with Crippen molar-refractivity contribution in [1.29, 1.82) is 0 Å². The highest BCUT2D eigenvalue weighted by atomic mass is 16.5. The van der Waals surface area contributed by atoms with Crippen LogP contribution in [0.4, 0.5) is 4.79 Å². The molecule has 3 N–H and O–H groups in total. The molecule has 2 rings (SSSR count). The van der Waals surface area contributed by atoms with Gasteiger partial charge < -0.3 is 14.5 Å². The second kappa shape index (κ2) is 7.88. The molecule has 0 radical (unpaired) electrons. The van der Waals surface area contributed by atoms with Crippen molar-refractivity contribution >= 4 is 11.9 Å². The summed E-state index contributed by atoms with van der Waals surface area (Å²) in [5.41, 5.74) is 6.02. The first-order chi connectivity index (χ1) is 11.1. The first-order valence-electron chi connectivity index (χ1n) is 7.14. The molecule has 0 spiro atoms. The fraction of sp³-hybridized carbons (Fsp3) is 0.250. The van der Waals surface area contributed by atoms with Crippen molar-refractivity contribution < 1.29 is 18.7 Å². The third-order valence-corrected chi connectivity index (χ3v) is 3.04. The Morgan fingerprint density at radius 1 is 1.17 bits per heavy atom. The molecule has 0 saturated heterocycles. The number of hydrazine groups is 1. The number of rotatable bonds is 5. The van der Waals surface area contributed by atoms with Crippen LogP contribution in [-0.2, 0) is 0 Å². The van der Waals surface area contributed by atoms with Gasteiger partial charge in [-0.1, -0.05) is 12.1 Å². The van der Waals surface area contributed by atoms with Crippen molar-refractivity contribution in [1.82, 2.24) is 16.2 Å². The molecule has 0 atom stereocenters. The molecule has 0 aliphatic rings. The molecular weight excluding hydrogens is 298 g/mol. The van der Waals surface area contributed by atoms with E-state index < -0.39 is 11.9 Å². The Balaban J connectivity index is 1.64. The fourth-order valence-corrected chi connectivity index (χ4v) is 1.88. The third kappa shape index (κ3) is 5.06. The van der Waals surface area contributed by atoms with E-state index in [2.05, 4.69) is 16.2 Å². The van der Waals surface area contributed by atoms with E-state index in [0.29, 0.717) is 24.5 Å². The molecule has 1 aromatic heterocycles. The minimum atomic E-state index is -0.521. The number of hydrogen-bond acceptors (Lipinski definition) is 4. The van der Waals surface area contributed by atoms with Crippen molar-refractivity contribution in [3.63, 3.8) is 0 Å². The third-order valence-electron chi connectivity index (χ3n) is 3.04. The second-order valence-electron chi connectivity index (χ2n) is 4.89. The Morgan fingerprint density at radius 2 is 2.00 bits per heavy atom. The van der Waals surface area contributed by atoms with Crippen LogP contribution in [0.2, 0.25) is 0 Å². The Bertz CT molecular complexity index is 681. The van der Waals surface area contributed by atoms with Gasteiger partial charge in [0.05, 0.1) is 18.4 Å². The summed E-state index contributed by atoms with van der Waals surface area (Å²) in [6.45, 7) is 4.27. The number of hydrogen-bond donors (Lipinski definition) is 3. The van der Waals surface area contributed by atoms with E-state index in [1.165, 1.54) is 12.3 Å². The van der Waals surface area contributed by atoms with Crippen molar-refractivity contribution in [3.8, 4) is 5.75 Å². The van der Waals surface area contributed by atoms with Gasteiger partial charge in [0.15, 0.2) is 0 Å². The maximum absolute atomic E-state index is 11.7. The second-order valence-corrected chi connectivity index (χ2v) is 4.89. The smallest absolute Gasteiger partial charge is 0.333 e. The summed E-state index contributed by atoms with van der Waals surface area (Å²) in [6, 6.07) is 8.64.